The molecule has 6 heteroatoms. The molecule has 0 atom stereocenters. The number of nitrogens with zero attached hydrogens (tertiary/aromatic N) is 1. The standard InChI is InChI=1S/C20H13ClN2O2S/c21-14-8-6-13(7-9-14)17-11-10-16(25-17)12-18-19(24)23-20(26-18)22-15-4-2-1-3-5-15/h1-12H,(H,22,23,24)/b18-12-. The van der Waals surface area contributed by atoms with Crippen molar-refractivity contribution in [3.63, 3.8) is 0 Å². The van der Waals surface area contributed by atoms with Gasteiger partial charge in [-0.3, -0.25) is 4.79 Å². The second-order valence-corrected chi connectivity index (χ2v) is 6.99. The quantitative estimate of drug-likeness (QED) is 0.611. The summed E-state index contributed by atoms with van der Waals surface area (Å²) in [5, 5.41) is 3.99. The number of furan rings is 1. The summed E-state index contributed by atoms with van der Waals surface area (Å²) in [7, 11) is 0. The molecule has 2 heterocycles. The van der Waals surface area contributed by atoms with E-state index >= 15 is 0 Å². The first kappa shape index (κ1) is 16.7. The smallest absolute Gasteiger partial charge is 0.264 e. The largest absolute Gasteiger partial charge is 0.457 e. The van der Waals surface area contributed by atoms with Gasteiger partial charge in [-0.1, -0.05) is 29.8 Å². The lowest BCUT2D eigenvalue weighted by Crippen LogP contribution is -2.19. The van der Waals surface area contributed by atoms with Crippen LogP contribution < -0.4 is 5.32 Å². The monoisotopic (exact) mass is 380 g/mol. The predicted molar refractivity (Wildman–Crippen MR) is 106 cm³/mol. The fraction of sp³-hybridized carbons (Fsp3) is 0. The fourth-order valence-electron chi connectivity index (χ4n) is 2.43. The highest BCUT2D eigenvalue weighted by Gasteiger charge is 2.24. The molecule has 0 radical (unpaired) electrons. The Balaban J connectivity index is 1.54. The zero-order chi connectivity index (χ0) is 17.9. The number of rotatable bonds is 3. The second-order valence-electron chi connectivity index (χ2n) is 5.53. The molecular formula is C20H13ClN2O2S. The third kappa shape index (κ3) is 3.74. The van der Waals surface area contributed by atoms with E-state index < -0.39 is 0 Å². The summed E-state index contributed by atoms with van der Waals surface area (Å²) >= 11 is 7.20. The van der Waals surface area contributed by atoms with Crippen LogP contribution in [0.15, 0.2) is 81.0 Å². The number of benzene rings is 2. The van der Waals surface area contributed by atoms with Crippen LogP contribution in [0.1, 0.15) is 5.76 Å². The summed E-state index contributed by atoms with van der Waals surface area (Å²) < 4.78 is 5.82. The van der Waals surface area contributed by atoms with Crippen molar-refractivity contribution in [2.24, 2.45) is 4.99 Å². The average Bonchev–Trinajstić information content (AvgIpc) is 3.24. The Kier molecular flexibility index (Phi) is 4.65. The second kappa shape index (κ2) is 7.23. The predicted octanol–water partition coefficient (Wildman–Crippen LogP) is 5.49. The van der Waals surface area contributed by atoms with Crippen LogP contribution in [0.3, 0.4) is 0 Å². The van der Waals surface area contributed by atoms with Crippen molar-refractivity contribution < 1.29 is 9.21 Å². The number of hydrogen-bond acceptors (Lipinski definition) is 4. The first-order valence-electron chi connectivity index (χ1n) is 7.88. The normalized spacial score (nSPS) is 17.0. The Hall–Kier alpha value is -2.76. The van der Waals surface area contributed by atoms with Crippen molar-refractivity contribution in [3.05, 3.63) is 82.4 Å². The maximum absolute atomic E-state index is 12.2. The van der Waals surface area contributed by atoms with E-state index in [1.807, 2.05) is 66.7 Å². The summed E-state index contributed by atoms with van der Waals surface area (Å²) in [6, 6.07) is 20.6. The topological polar surface area (TPSA) is 54.6 Å². The van der Waals surface area contributed by atoms with Gasteiger partial charge in [-0.05, 0) is 60.3 Å². The van der Waals surface area contributed by atoms with Crippen molar-refractivity contribution >= 4 is 46.2 Å². The Morgan fingerprint density at radius 1 is 1.00 bits per heavy atom. The van der Waals surface area contributed by atoms with Gasteiger partial charge in [0.25, 0.3) is 5.91 Å². The molecule has 1 aliphatic heterocycles. The number of carbonyl (C=O) groups excluding carboxylic acids is 1. The van der Waals surface area contributed by atoms with Gasteiger partial charge >= 0.3 is 0 Å². The van der Waals surface area contributed by atoms with Gasteiger partial charge in [0.2, 0.25) is 0 Å². The number of carbonyl (C=O) groups is 1. The number of hydrogen-bond donors (Lipinski definition) is 1. The molecule has 26 heavy (non-hydrogen) atoms. The number of aliphatic imine (C=N–C) groups is 1. The summed E-state index contributed by atoms with van der Waals surface area (Å²) in [4.78, 5) is 17.1. The lowest BCUT2D eigenvalue weighted by atomic mass is 10.2. The molecule has 0 aliphatic carbocycles. The number of thioether (sulfide) groups is 1. The molecule has 0 unspecified atom stereocenters. The first-order valence-corrected chi connectivity index (χ1v) is 9.07. The van der Waals surface area contributed by atoms with Crippen molar-refractivity contribution in [2.75, 3.05) is 0 Å². The van der Waals surface area contributed by atoms with Crippen molar-refractivity contribution in [2.45, 2.75) is 0 Å². The summed E-state index contributed by atoms with van der Waals surface area (Å²) in [6.07, 6.45) is 1.72. The molecule has 0 saturated carbocycles. The van der Waals surface area contributed by atoms with Gasteiger partial charge in [-0.2, -0.15) is 0 Å². The van der Waals surface area contributed by atoms with Crippen LogP contribution in [-0.4, -0.2) is 11.1 Å². The molecule has 1 N–H and O–H groups in total. The lowest BCUT2D eigenvalue weighted by molar-refractivity contribution is -0.115. The van der Waals surface area contributed by atoms with E-state index in [-0.39, 0.29) is 5.91 Å². The van der Waals surface area contributed by atoms with Crippen molar-refractivity contribution in [3.8, 4) is 11.3 Å². The van der Waals surface area contributed by atoms with Crippen LogP contribution in [-0.2, 0) is 4.79 Å². The van der Waals surface area contributed by atoms with Gasteiger partial charge in [0.1, 0.15) is 11.5 Å². The van der Waals surface area contributed by atoms with E-state index in [0.717, 1.165) is 17.0 Å². The molecule has 1 aliphatic rings. The maximum atomic E-state index is 12.2. The molecule has 1 saturated heterocycles. The van der Waals surface area contributed by atoms with Crippen LogP contribution in [0.4, 0.5) is 5.69 Å². The van der Waals surface area contributed by atoms with E-state index in [4.69, 9.17) is 16.0 Å². The molecular weight excluding hydrogens is 368 g/mol. The summed E-state index contributed by atoms with van der Waals surface area (Å²) in [5.74, 6) is 1.14. The third-order valence-corrected chi connectivity index (χ3v) is 4.83. The Labute approximate surface area is 159 Å². The van der Waals surface area contributed by atoms with Gasteiger partial charge < -0.3 is 9.73 Å². The number of amidine groups is 1. The molecule has 0 bridgehead atoms. The zero-order valence-corrected chi connectivity index (χ0v) is 15.1. The minimum absolute atomic E-state index is 0.186. The van der Waals surface area contributed by atoms with Gasteiger partial charge in [0.15, 0.2) is 5.17 Å². The minimum Gasteiger partial charge on any atom is -0.457 e. The highest BCUT2D eigenvalue weighted by atomic mass is 35.5. The average molecular weight is 381 g/mol. The van der Waals surface area contributed by atoms with Gasteiger partial charge in [-0.25, -0.2) is 4.99 Å². The Morgan fingerprint density at radius 2 is 1.77 bits per heavy atom. The molecule has 0 spiro atoms. The minimum atomic E-state index is -0.186. The molecule has 3 aromatic rings. The van der Waals surface area contributed by atoms with Gasteiger partial charge in [-0.15, -0.1) is 0 Å². The molecule has 1 amide bonds. The first-order chi connectivity index (χ1) is 12.7. The van der Waals surface area contributed by atoms with Crippen molar-refractivity contribution in [1.29, 1.82) is 0 Å². The van der Waals surface area contributed by atoms with E-state index in [0.29, 0.717) is 20.9 Å². The highest BCUT2D eigenvalue weighted by Crippen LogP contribution is 2.30. The van der Waals surface area contributed by atoms with E-state index in [1.54, 1.807) is 6.08 Å². The number of halogens is 1. The molecule has 4 rings (SSSR count). The van der Waals surface area contributed by atoms with Gasteiger partial charge in [0, 0.05) is 16.7 Å². The Bertz CT molecular complexity index is 1010. The van der Waals surface area contributed by atoms with E-state index in [9.17, 15) is 4.79 Å². The molecule has 1 aromatic heterocycles. The molecule has 2 aromatic carbocycles. The zero-order valence-electron chi connectivity index (χ0n) is 13.5. The van der Waals surface area contributed by atoms with Crippen LogP contribution in [0.5, 0.6) is 0 Å². The Morgan fingerprint density at radius 3 is 2.54 bits per heavy atom. The van der Waals surface area contributed by atoms with E-state index in [1.165, 1.54) is 11.8 Å². The summed E-state index contributed by atoms with van der Waals surface area (Å²) in [6.45, 7) is 0. The molecule has 1 fully saturated rings. The lowest BCUT2D eigenvalue weighted by Gasteiger charge is -1.96. The van der Waals surface area contributed by atoms with Crippen LogP contribution >= 0.6 is 23.4 Å². The highest BCUT2D eigenvalue weighted by molar-refractivity contribution is 8.18. The SMILES string of the molecule is O=C1NC(=Nc2ccccc2)S/C1=C\c1ccc(-c2ccc(Cl)cc2)o1. The van der Waals surface area contributed by atoms with Crippen molar-refractivity contribution in [1.82, 2.24) is 5.32 Å². The van der Waals surface area contributed by atoms with E-state index in [2.05, 4.69) is 10.3 Å². The van der Waals surface area contributed by atoms with Crippen LogP contribution in [0.2, 0.25) is 5.02 Å². The third-order valence-electron chi connectivity index (χ3n) is 3.67. The number of amides is 1. The molecule has 128 valence electrons. The number of nitrogens with one attached hydrogen (secondary N) is 1. The van der Waals surface area contributed by atoms with Crippen LogP contribution in [0, 0.1) is 0 Å². The number of para-hydroxylation sites is 1. The van der Waals surface area contributed by atoms with Gasteiger partial charge in [0.05, 0.1) is 10.6 Å². The maximum Gasteiger partial charge on any atom is 0.264 e. The molecule has 4 nitrogen and oxygen atoms in total. The summed E-state index contributed by atoms with van der Waals surface area (Å²) in [5.41, 5.74) is 1.72. The fourth-order valence-corrected chi connectivity index (χ4v) is 3.38. The van der Waals surface area contributed by atoms with Crippen LogP contribution in [0.25, 0.3) is 17.4 Å².